The molecule has 10 heteroatoms. The summed E-state index contributed by atoms with van der Waals surface area (Å²) in [7, 11) is 0. The SMILES string of the molecule is C[C@@H]1CCCC[C@H]1NC(=O)NC(=O)CSc1nnnn1-c1ccc(Cl)cc1. The molecule has 1 aliphatic carbocycles. The number of amides is 3. The molecule has 0 radical (unpaired) electrons. The Morgan fingerprint density at radius 3 is 2.74 bits per heavy atom. The molecule has 144 valence electrons. The molecule has 1 aromatic heterocycles. The first-order chi connectivity index (χ1) is 13.0. The van der Waals surface area contributed by atoms with Gasteiger partial charge in [-0.15, -0.1) is 5.10 Å². The first kappa shape index (κ1) is 19.6. The minimum atomic E-state index is -0.448. The maximum atomic E-state index is 12.1. The third kappa shape index (κ3) is 5.43. The van der Waals surface area contributed by atoms with E-state index < -0.39 is 11.9 Å². The quantitative estimate of drug-likeness (QED) is 0.737. The lowest BCUT2D eigenvalue weighted by Crippen LogP contribution is -2.48. The van der Waals surface area contributed by atoms with Crippen molar-refractivity contribution in [2.45, 2.75) is 43.8 Å². The monoisotopic (exact) mass is 408 g/mol. The predicted octanol–water partition coefficient (Wildman–Crippen LogP) is 2.81. The van der Waals surface area contributed by atoms with Gasteiger partial charge in [0.1, 0.15) is 0 Å². The van der Waals surface area contributed by atoms with Gasteiger partial charge in [0.05, 0.1) is 11.4 Å². The Labute approximate surface area is 166 Å². The molecular weight excluding hydrogens is 388 g/mol. The van der Waals surface area contributed by atoms with Gasteiger partial charge in [0.15, 0.2) is 0 Å². The Balaban J connectivity index is 1.50. The molecule has 0 bridgehead atoms. The molecule has 8 nitrogen and oxygen atoms in total. The van der Waals surface area contributed by atoms with Crippen LogP contribution in [-0.4, -0.2) is 43.9 Å². The Morgan fingerprint density at radius 1 is 1.26 bits per heavy atom. The average molecular weight is 409 g/mol. The molecule has 27 heavy (non-hydrogen) atoms. The van der Waals surface area contributed by atoms with Crippen LogP contribution in [0.25, 0.3) is 5.69 Å². The van der Waals surface area contributed by atoms with Crippen LogP contribution in [0.1, 0.15) is 32.6 Å². The van der Waals surface area contributed by atoms with Crippen LogP contribution in [0.4, 0.5) is 4.79 Å². The number of hydrogen-bond acceptors (Lipinski definition) is 6. The van der Waals surface area contributed by atoms with Gasteiger partial charge in [-0.3, -0.25) is 10.1 Å². The van der Waals surface area contributed by atoms with Crippen LogP contribution < -0.4 is 10.6 Å². The van der Waals surface area contributed by atoms with Crippen molar-refractivity contribution >= 4 is 35.3 Å². The molecule has 1 aromatic carbocycles. The van der Waals surface area contributed by atoms with Crippen molar-refractivity contribution in [1.29, 1.82) is 0 Å². The standard InChI is InChI=1S/C17H21ClN6O2S/c1-11-4-2-3-5-14(11)19-16(26)20-15(25)10-27-17-21-22-23-24(17)13-8-6-12(18)7-9-13/h6-9,11,14H,2-5,10H2,1H3,(H2,19,20,25,26)/t11-,14-/m1/s1. The van der Waals surface area contributed by atoms with Crippen molar-refractivity contribution in [2.24, 2.45) is 5.92 Å². The molecule has 0 aliphatic heterocycles. The molecule has 2 N–H and O–H groups in total. The number of carbonyl (C=O) groups excluding carboxylic acids is 2. The lowest BCUT2D eigenvalue weighted by Gasteiger charge is -2.29. The summed E-state index contributed by atoms with van der Waals surface area (Å²) in [6.45, 7) is 2.12. The average Bonchev–Trinajstić information content (AvgIpc) is 3.11. The highest BCUT2D eigenvalue weighted by Crippen LogP contribution is 2.23. The molecule has 1 heterocycles. The largest absolute Gasteiger partial charge is 0.335 e. The maximum absolute atomic E-state index is 12.1. The van der Waals surface area contributed by atoms with E-state index in [0.717, 1.165) is 36.7 Å². The van der Waals surface area contributed by atoms with Crippen molar-refractivity contribution in [3.05, 3.63) is 29.3 Å². The summed E-state index contributed by atoms with van der Waals surface area (Å²) in [5.74, 6) is 0.0614. The van der Waals surface area contributed by atoms with Crippen molar-refractivity contribution in [2.75, 3.05) is 5.75 Å². The van der Waals surface area contributed by atoms with Crippen molar-refractivity contribution in [1.82, 2.24) is 30.8 Å². The van der Waals surface area contributed by atoms with E-state index in [1.54, 1.807) is 24.3 Å². The Hall–Kier alpha value is -2.13. The number of tetrazole rings is 1. The molecule has 3 amide bonds. The van der Waals surface area contributed by atoms with Crippen molar-refractivity contribution < 1.29 is 9.59 Å². The van der Waals surface area contributed by atoms with E-state index in [1.807, 2.05) is 0 Å². The van der Waals surface area contributed by atoms with E-state index in [0.29, 0.717) is 16.1 Å². The second-order valence-electron chi connectivity index (χ2n) is 6.53. The zero-order chi connectivity index (χ0) is 19.2. The van der Waals surface area contributed by atoms with E-state index in [9.17, 15) is 9.59 Å². The van der Waals surface area contributed by atoms with Crippen molar-refractivity contribution in [3.63, 3.8) is 0 Å². The molecule has 2 atom stereocenters. The van der Waals surface area contributed by atoms with Gasteiger partial charge in [-0.2, -0.15) is 4.68 Å². The van der Waals surface area contributed by atoms with Gasteiger partial charge in [0.25, 0.3) is 0 Å². The number of urea groups is 1. The van der Waals surface area contributed by atoms with E-state index in [1.165, 1.54) is 11.1 Å². The van der Waals surface area contributed by atoms with E-state index in [-0.39, 0.29) is 11.8 Å². The van der Waals surface area contributed by atoms with Gasteiger partial charge in [-0.05, 0) is 53.5 Å². The summed E-state index contributed by atoms with van der Waals surface area (Å²) >= 11 is 7.04. The molecule has 1 fully saturated rings. The van der Waals surface area contributed by atoms with Gasteiger partial charge >= 0.3 is 6.03 Å². The summed E-state index contributed by atoms with van der Waals surface area (Å²) < 4.78 is 1.51. The number of benzene rings is 1. The zero-order valence-corrected chi connectivity index (χ0v) is 16.5. The highest BCUT2D eigenvalue weighted by Gasteiger charge is 2.23. The summed E-state index contributed by atoms with van der Waals surface area (Å²) in [4.78, 5) is 24.1. The first-order valence-corrected chi connectivity index (χ1v) is 10.2. The summed E-state index contributed by atoms with van der Waals surface area (Å²) in [5.41, 5.74) is 0.733. The lowest BCUT2D eigenvalue weighted by atomic mass is 9.86. The lowest BCUT2D eigenvalue weighted by molar-refractivity contribution is -0.117. The molecule has 0 saturated heterocycles. The summed E-state index contributed by atoms with van der Waals surface area (Å²) in [6, 6.07) is 6.70. The van der Waals surface area contributed by atoms with Crippen LogP contribution >= 0.6 is 23.4 Å². The third-order valence-electron chi connectivity index (χ3n) is 4.53. The van der Waals surface area contributed by atoms with Gasteiger partial charge in [-0.25, -0.2) is 4.79 Å². The number of thioether (sulfide) groups is 1. The number of rotatable bonds is 5. The third-order valence-corrected chi connectivity index (χ3v) is 5.70. The Morgan fingerprint density at radius 2 is 2.00 bits per heavy atom. The normalized spacial score (nSPS) is 19.5. The van der Waals surface area contributed by atoms with E-state index >= 15 is 0 Å². The fourth-order valence-corrected chi connectivity index (χ4v) is 3.86. The highest BCUT2D eigenvalue weighted by molar-refractivity contribution is 7.99. The summed E-state index contributed by atoms with van der Waals surface area (Å²) in [5, 5.41) is 17.8. The van der Waals surface area contributed by atoms with Gasteiger partial charge in [0, 0.05) is 11.1 Å². The number of halogens is 1. The van der Waals surface area contributed by atoms with Crippen LogP contribution in [0.2, 0.25) is 5.02 Å². The number of hydrogen-bond donors (Lipinski definition) is 2. The van der Waals surface area contributed by atoms with Gasteiger partial charge in [0.2, 0.25) is 11.1 Å². The fraction of sp³-hybridized carbons (Fsp3) is 0.471. The topological polar surface area (TPSA) is 102 Å². The Kier molecular flexibility index (Phi) is 6.68. The number of nitrogens with zero attached hydrogens (tertiary/aromatic N) is 4. The first-order valence-electron chi connectivity index (χ1n) is 8.80. The maximum Gasteiger partial charge on any atom is 0.321 e. The molecule has 1 saturated carbocycles. The number of imide groups is 1. The second kappa shape index (κ2) is 9.18. The van der Waals surface area contributed by atoms with Crippen LogP contribution in [0.3, 0.4) is 0 Å². The van der Waals surface area contributed by atoms with Gasteiger partial charge < -0.3 is 5.32 Å². The van der Waals surface area contributed by atoms with Crippen molar-refractivity contribution in [3.8, 4) is 5.69 Å². The van der Waals surface area contributed by atoms with E-state index in [4.69, 9.17) is 11.6 Å². The molecule has 3 rings (SSSR count). The number of carbonyl (C=O) groups is 2. The number of aromatic nitrogens is 4. The minimum absolute atomic E-state index is 0.0294. The summed E-state index contributed by atoms with van der Waals surface area (Å²) in [6.07, 6.45) is 4.35. The highest BCUT2D eigenvalue weighted by atomic mass is 35.5. The van der Waals surface area contributed by atoms with E-state index in [2.05, 4.69) is 33.1 Å². The van der Waals surface area contributed by atoms with Crippen LogP contribution in [-0.2, 0) is 4.79 Å². The predicted molar refractivity (Wildman–Crippen MR) is 103 cm³/mol. The zero-order valence-electron chi connectivity index (χ0n) is 14.9. The second-order valence-corrected chi connectivity index (χ2v) is 7.91. The Bertz CT molecular complexity index is 797. The smallest absolute Gasteiger partial charge is 0.321 e. The molecular formula is C17H21ClN6O2S. The molecule has 0 unspecified atom stereocenters. The van der Waals surface area contributed by atoms with Gasteiger partial charge in [-0.1, -0.05) is 43.1 Å². The number of nitrogens with one attached hydrogen (secondary N) is 2. The fourth-order valence-electron chi connectivity index (χ4n) is 3.04. The van der Waals surface area contributed by atoms with Crippen LogP contribution in [0.5, 0.6) is 0 Å². The molecule has 0 spiro atoms. The van der Waals surface area contributed by atoms with Crippen LogP contribution in [0, 0.1) is 5.92 Å². The molecule has 1 aliphatic rings. The van der Waals surface area contributed by atoms with Crippen LogP contribution in [0.15, 0.2) is 29.4 Å². The molecule has 2 aromatic rings. The minimum Gasteiger partial charge on any atom is -0.335 e.